The van der Waals surface area contributed by atoms with Crippen molar-refractivity contribution in [3.05, 3.63) is 24.3 Å². The van der Waals surface area contributed by atoms with Crippen LogP contribution in [0.2, 0.25) is 0 Å². The van der Waals surface area contributed by atoms with E-state index in [1.807, 2.05) is 0 Å². The Morgan fingerprint density at radius 1 is 1.67 bits per heavy atom. The van der Waals surface area contributed by atoms with Gasteiger partial charge in [-0.15, -0.1) is 0 Å². The van der Waals surface area contributed by atoms with Crippen molar-refractivity contribution >= 4 is 5.97 Å². The molecule has 0 bridgehead atoms. The molecule has 0 radical (unpaired) electrons. The van der Waals surface area contributed by atoms with Gasteiger partial charge in [-0.1, -0.05) is 0 Å². The van der Waals surface area contributed by atoms with E-state index < -0.39 is 11.6 Å². The van der Waals surface area contributed by atoms with Gasteiger partial charge >= 0.3 is 5.97 Å². The zero-order chi connectivity index (χ0) is 11.3. The fraction of sp³-hybridized carbons (Fsp3) is 0.444. The average Bonchev–Trinajstić information content (AvgIpc) is 2.19. The van der Waals surface area contributed by atoms with Crippen molar-refractivity contribution in [1.82, 2.24) is 15.3 Å². The molecule has 82 valence electrons. The lowest BCUT2D eigenvalue weighted by molar-refractivity contribution is -0.156. The molecule has 1 aromatic heterocycles. The van der Waals surface area contributed by atoms with Gasteiger partial charge in [0.05, 0.1) is 5.69 Å². The van der Waals surface area contributed by atoms with Crippen LogP contribution in [0, 0.1) is 0 Å². The van der Waals surface area contributed by atoms with Gasteiger partial charge in [0.1, 0.15) is 6.33 Å². The summed E-state index contributed by atoms with van der Waals surface area (Å²) >= 11 is 0. The topological polar surface area (TPSA) is 95.3 Å². The number of carboxylic acid groups (broad SMARTS) is 1. The van der Waals surface area contributed by atoms with Gasteiger partial charge in [-0.2, -0.15) is 0 Å². The fourth-order valence-electron chi connectivity index (χ4n) is 0.932. The van der Waals surface area contributed by atoms with E-state index in [0.717, 1.165) is 5.69 Å². The van der Waals surface area contributed by atoms with E-state index in [9.17, 15) is 9.90 Å². The van der Waals surface area contributed by atoms with Crippen molar-refractivity contribution in [1.29, 1.82) is 0 Å². The largest absolute Gasteiger partial charge is 0.479 e. The first kappa shape index (κ1) is 11.5. The third-order valence-corrected chi connectivity index (χ3v) is 1.88. The molecular formula is C9H13N3O3. The molecule has 0 aliphatic rings. The van der Waals surface area contributed by atoms with Gasteiger partial charge in [-0.25, -0.2) is 14.8 Å². The molecule has 0 aliphatic carbocycles. The molecule has 0 saturated heterocycles. The molecule has 0 spiro atoms. The molecule has 1 atom stereocenters. The van der Waals surface area contributed by atoms with Gasteiger partial charge in [0, 0.05) is 19.3 Å². The van der Waals surface area contributed by atoms with Crippen molar-refractivity contribution in [2.75, 3.05) is 6.54 Å². The Bertz CT molecular complexity index is 327. The molecule has 3 N–H and O–H groups in total. The van der Waals surface area contributed by atoms with Crippen molar-refractivity contribution in [3.8, 4) is 0 Å². The van der Waals surface area contributed by atoms with Crippen molar-refractivity contribution < 1.29 is 15.0 Å². The average molecular weight is 211 g/mol. The van der Waals surface area contributed by atoms with Gasteiger partial charge in [0.2, 0.25) is 0 Å². The summed E-state index contributed by atoms with van der Waals surface area (Å²) in [6.45, 7) is 1.60. The Balaban J connectivity index is 2.37. The summed E-state index contributed by atoms with van der Waals surface area (Å²) in [4.78, 5) is 18.2. The van der Waals surface area contributed by atoms with Gasteiger partial charge in [0.15, 0.2) is 5.60 Å². The number of hydrogen-bond donors (Lipinski definition) is 3. The maximum atomic E-state index is 10.5. The van der Waals surface area contributed by atoms with Crippen LogP contribution in [-0.4, -0.2) is 38.3 Å². The second-order valence-electron chi connectivity index (χ2n) is 3.38. The van der Waals surface area contributed by atoms with Crippen LogP contribution in [0.4, 0.5) is 0 Å². The second-order valence-corrected chi connectivity index (χ2v) is 3.38. The highest BCUT2D eigenvalue weighted by Gasteiger charge is 2.28. The molecule has 1 unspecified atom stereocenters. The van der Waals surface area contributed by atoms with Crippen LogP contribution in [0.15, 0.2) is 18.6 Å². The standard InChI is InChI=1S/C9H13N3O3/c1-9(15,8(13)14)5-11-4-7-2-3-10-6-12-7/h2-3,6,11,15H,4-5H2,1H3,(H,13,14). The van der Waals surface area contributed by atoms with Crippen LogP contribution in [0.1, 0.15) is 12.6 Å². The Morgan fingerprint density at radius 3 is 2.93 bits per heavy atom. The van der Waals surface area contributed by atoms with E-state index in [-0.39, 0.29) is 6.54 Å². The molecule has 1 aromatic rings. The zero-order valence-corrected chi connectivity index (χ0v) is 8.34. The summed E-state index contributed by atoms with van der Waals surface area (Å²) in [7, 11) is 0. The number of nitrogens with one attached hydrogen (secondary N) is 1. The van der Waals surface area contributed by atoms with Crippen LogP contribution >= 0.6 is 0 Å². The van der Waals surface area contributed by atoms with Crippen LogP contribution in [0.25, 0.3) is 0 Å². The van der Waals surface area contributed by atoms with E-state index in [1.54, 1.807) is 12.3 Å². The summed E-state index contributed by atoms with van der Waals surface area (Å²) in [6.07, 6.45) is 3.01. The van der Waals surface area contributed by atoms with E-state index in [0.29, 0.717) is 6.54 Å². The molecule has 0 amide bonds. The lowest BCUT2D eigenvalue weighted by atomic mass is 10.1. The highest BCUT2D eigenvalue weighted by Crippen LogP contribution is 2.01. The van der Waals surface area contributed by atoms with Gasteiger partial charge in [-0.05, 0) is 13.0 Å². The monoisotopic (exact) mass is 211 g/mol. The number of aromatic nitrogens is 2. The summed E-state index contributed by atoms with van der Waals surface area (Å²) in [5.74, 6) is -1.25. The normalized spacial score (nSPS) is 14.5. The highest BCUT2D eigenvalue weighted by molar-refractivity contribution is 5.76. The minimum absolute atomic E-state index is 0.0354. The number of hydrogen-bond acceptors (Lipinski definition) is 5. The smallest absolute Gasteiger partial charge is 0.336 e. The molecule has 1 rings (SSSR count). The predicted molar refractivity (Wildman–Crippen MR) is 52.0 cm³/mol. The molecule has 15 heavy (non-hydrogen) atoms. The molecule has 0 fully saturated rings. The maximum absolute atomic E-state index is 10.5. The maximum Gasteiger partial charge on any atom is 0.336 e. The van der Waals surface area contributed by atoms with Gasteiger partial charge in [0.25, 0.3) is 0 Å². The van der Waals surface area contributed by atoms with E-state index in [2.05, 4.69) is 15.3 Å². The molecule has 6 nitrogen and oxygen atoms in total. The van der Waals surface area contributed by atoms with Crippen molar-refractivity contribution in [2.24, 2.45) is 0 Å². The molecule has 0 aromatic carbocycles. The summed E-state index contributed by atoms with van der Waals surface area (Å²) in [6, 6.07) is 1.71. The van der Waals surface area contributed by atoms with Gasteiger partial charge in [-0.3, -0.25) is 0 Å². The molecular weight excluding hydrogens is 198 g/mol. The number of aliphatic hydroxyl groups is 1. The van der Waals surface area contributed by atoms with Crippen LogP contribution < -0.4 is 5.32 Å². The minimum Gasteiger partial charge on any atom is -0.479 e. The minimum atomic E-state index is -1.76. The second kappa shape index (κ2) is 4.81. The molecule has 6 heteroatoms. The number of carbonyl (C=O) groups is 1. The van der Waals surface area contributed by atoms with Crippen LogP contribution in [0.5, 0.6) is 0 Å². The third kappa shape index (κ3) is 3.61. The van der Waals surface area contributed by atoms with Crippen molar-refractivity contribution in [3.63, 3.8) is 0 Å². The van der Waals surface area contributed by atoms with Crippen LogP contribution in [-0.2, 0) is 11.3 Å². The quantitative estimate of drug-likeness (QED) is 0.602. The van der Waals surface area contributed by atoms with E-state index >= 15 is 0 Å². The predicted octanol–water partition coefficient (Wildman–Crippen LogP) is -0.598. The lowest BCUT2D eigenvalue weighted by Crippen LogP contribution is -2.44. The first-order valence-electron chi connectivity index (χ1n) is 4.44. The molecule has 0 saturated carbocycles. The number of carboxylic acids is 1. The Morgan fingerprint density at radius 2 is 2.40 bits per heavy atom. The number of aliphatic carboxylic acids is 1. The van der Waals surface area contributed by atoms with E-state index in [1.165, 1.54) is 13.3 Å². The first-order chi connectivity index (χ1) is 7.02. The summed E-state index contributed by atoms with van der Waals surface area (Å²) < 4.78 is 0. The molecule has 0 aliphatic heterocycles. The van der Waals surface area contributed by atoms with E-state index in [4.69, 9.17) is 5.11 Å². The zero-order valence-electron chi connectivity index (χ0n) is 8.34. The van der Waals surface area contributed by atoms with Gasteiger partial charge < -0.3 is 15.5 Å². The Kier molecular flexibility index (Phi) is 3.70. The highest BCUT2D eigenvalue weighted by atomic mass is 16.4. The Labute approximate surface area is 87.0 Å². The summed E-state index contributed by atoms with van der Waals surface area (Å²) in [5.41, 5.74) is -1.02. The first-order valence-corrected chi connectivity index (χ1v) is 4.44. The number of nitrogens with zero attached hydrogens (tertiary/aromatic N) is 2. The third-order valence-electron chi connectivity index (χ3n) is 1.88. The van der Waals surface area contributed by atoms with Crippen LogP contribution in [0.3, 0.4) is 0 Å². The Hall–Kier alpha value is -1.53. The SMILES string of the molecule is CC(O)(CNCc1ccncn1)C(=O)O. The molecule has 1 heterocycles. The number of rotatable bonds is 5. The van der Waals surface area contributed by atoms with Crippen molar-refractivity contribution in [2.45, 2.75) is 19.1 Å². The summed E-state index contributed by atoms with van der Waals surface area (Å²) in [5, 5.41) is 20.8. The fourth-order valence-corrected chi connectivity index (χ4v) is 0.932. The lowest BCUT2D eigenvalue weighted by Gasteiger charge is -2.17.